The van der Waals surface area contributed by atoms with E-state index in [1.807, 2.05) is 6.92 Å². The number of carbonyl (C=O) groups excluding carboxylic acids is 1. The van der Waals surface area contributed by atoms with E-state index in [2.05, 4.69) is 15.5 Å². The molecule has 0 saturated heterocycles. The van der Waals surface area contributed by atoms with Crippen molar-refractivity contribution in [2.24, 2.45) is 0 Å². The Morgan fingerprint density at radius 3 is 2.52 bits per heavy atom. The van der Waals surface area contributed by atoms with Crippen LogP contribution in [-0.4, -0.2) is 22.6 Å². The number of aromatic amines is 1. The molecule has 0 aliphatic rings. The van der Waals surface area contributed by atoms with Crippen LogP contribution >= 0.6 is 0 Å². The predicted octanol–water partition coefficient (Wildman–Crippen LogP) is 2.50. The molecule has 0 saturated carbocycles. The molecule has 0 radical (unpaired) electrons. The quantitative estimate of drug-likeness (QED) is 0.833. The smallest absolute Gasteiger partial charge is 0.257 e. The number of aryl methyl sites for hydroxylation is 2. The van der Waals surface area contributed by atoms with Crippen molar-refractivity contribution in [2.75, 3.05) is 6.54 Å². The number of H-pyrrole nitrogens is 1. The van der Waals surface area contributed by atoms with Gasteiger partial charge in [-0.15, -0.1) is 0 Å². The predicted molar refractivity (Wildman–Crippen MR) is 70.3 cm³/mol. The number of hydrogen-bond acceptors (Lipinski definition) is 2. The van der Waals surface area contributed by atoms with Gasteiger partial charge in [-0.3, -0.25) is 9.89 Å². The van der Waals surface area contributed by atoms with Crippen LogP contribution in [0.25, 0.3) is 0 Å². The molecule has 0 bridgehead atoms. The van der Waals surface area contributed by atoms with Crippen molar-refractivity contribution >= 4 is 5.91 Å². The van der Waals surface area contributed by atoms with E-state index in [1.54, 1.807) is 6.20 Å². The third-order valence-corrected chi connectivity index (χ3v) is 3.08. The molecule has 1 aromatic carbocycles. The summed E-state index contributed by atoms with van der Waals surface area (Å²) in [7, 11) is 0. The van der Waals surface area contributed by atoms with Gasteiger partial charge in [-0.1, -0.05) is 0 Å². The van der Waals surface area contributed by atoms with Crippen LogP contribution in [0.2, 0.25) is 0 Å². The van der Waals surface area contributed by atoms with Crippen LogP contribution in [0.5, 0.6) is 0 Å². The maximum absolute atomic E-state index is 13.4. The number of halogens is 3. The Balaban J connectivity index is 1.89. The number of hydrogen-bond donors (Lipinski definition) is 2. The fourth-order valence-corrected chi connectivity index (χ4v) is 1.96. The highest BCUT2D eigenvalue weighted by atomic mass is 19.1. The van der Waals surface area contributed by atoms with Crippen molar-refractivity contribution in [2.45, 2.75) is 19.8 Å². The molecule has 0 unspecified atom stereocenters. The minimum Gasteiger partial charge on any atom is -0.352 e. The fourth-order valence-electron chi connectivity index (χ4n) is 1.96. The highest BCUT2D eigenvalue weighted by molar-refractivity contribution is 5.94. The Labute approximate surface area is 119 Å². The molecule has 2 rings (SSSR count). The molecule has 7 heteroatoms. The molecule has 0 atom stereocenters. The molecule has 0 aliphatic carbocycles. The lowest BCUT2D eigenvalue weighted by Crippen LogP contribution is -2.27. The van der Waals surface area contributed by atoms with Gasteiger partial charge in [0.2, 0.25) is 0 Å². The topological polar surface area (TPSA) is 57.8 Å². The van der Waals surface area contributed by atoms with Gasteiger partial charge in [0.05, 0.1) is 6.20 Å². The Kier molecular flexibility index (Phi) is 4.62. The van der Waals surface area contributed by atoms with Crippen LogP contribution in [0.3, 0.4) is 0 Å². The van der Waals surface area contributed by atoms with Crippen molar-refractivity contribution in [1.82, 2.24) is 15.5 Å². The molecule has 1 amide bonds. The lowest BCUT2D eigenvalue weighted by molar-refractivity contribution is 0.0944. The van der Waals surface area contributed by atoms with Gasteiger partial charge in [-0.05, 0) is 25.3 Å². The Hall–Kier alpha value is -2.31. The summed E-state index contributed by atoms with van der Waals surface area (Å²) < 4.78 is 39.5. The van der Waals surface area contributed by atoms with Crippen molar-refractivity contribution in [3.63, 3.8) is 0 Å². The van der Waals surface area contributed by atoms with E-state index >= 15 is 0 Å². The van der Waals surface area contributed by atoms with E-state index in [0.717, 1.165) is 11.3 Å². The number of nitrogens with zero attached hydrogens (tertiary/aromatic N) is 1. The van der Waals surface area contributed by atoms with E-state index in [-0.39, 0.29) is 6.54 Å². The Morgan fingerprint density at radius 2 is 1.95 bits per heavy atom. The average molecular weight is 297 g/mol. The SMILES string of the molecule is Cc1[nH]ncc1CCCNC(=O)c1c(F)cc(F)cc1F. The van der Waals surface area contributed by atoms with E-state index in [4.69, 9.17) is 0 Å². The minimum atomic E-state index is -1.21. The third kappa shape index (κ3) is 3.62. The Bertz CT molecular complexity index is 632. The van der Waals surface area contributed by atoms with Crippen molar-refractivity contribution in [3.8, 4) is 0 Å². The van der Waals surface area contributed by atoms with Crippen LogP contribution in [0, 0.1) is 24.4 Å². The zero-order valence-electron chi connectivity index (χ0n) is 11.3. The second kappa shape index (κ2) is 6.43. The summed E-state index contributed by atoms with van der Waals surface area (Å²) in [6.45, 7) is 2.13. The monoisotopic (exact) mass is 297 g/mol. The highest BCUT2D eigenvalue weighted by Gasteiger charge is 2.18. The molecule has 112 valence electrons. The number of benzene rings is 1. The van der Waals surface area contributed by atoms with E-state index in [0.29, 0.717) is 25.0 Å². The van der Waals surface area contributed by atoms with Gasteiger partial charge >= 0.3 is 0 Å². The summed E-state index contributed by atoms with van der Waals surface area (Å²) in [5.41, 5.74) is 1.19. The third-order valence-electron chi connectivity index (χ3n) is 3.08. The summed E-state index contributed by atoms with van der Waals surface area (Å²) in [4.78, 5) is 11.7. The first-order valence-electron chi connectivity index (χ1n) is 6.40. The summed E-state index contributed by atoms with van der Waals surface area (Å²) in [6.07, 6.45) is 2.96. The molecule has 1 aromatic heterocycles. The van der Waals surface area contributed by atoms with Crippen LogP contribution < -0.4 is 5.32 Å². The molecule has 0 fully saturated rings. The number of rotatable bonds is 5. The molecular formula is C14H14F3N3O. The minimum absolute atomic E-state index is 0.250. The second-order valence-electron chi connectivity index (χ2n) is 4.62. The van der Waals surface area contributed by atoms with Crippen molar-refractivity contribution < 1.29 is 18.0 Å². The summed E-state index contributed by atoms with van der Waals surface area (Å²) in [5, 5.41) is 9.07. The summed E-state index contributed by atoms with van der Waals surface area (Å²) in [5.74, 6) is -4.38. The van der Waals surface area contributed by atoms with Gasteiger partial charge in [0.25, 0.3) is 5.91 Å². The zero-order valence-corrected chi connectivity index (χ0v) is 11.3. The zero-order chi connectivity index (χ0) is 15.4. The average Bonchev–Trinajstić information content (AvgIpc) is 2.79. The molecule has 21 heavy (non-hydrogen) atoms. The molecule has 2 N–H and O–H groups in total. The standard InChI is InChI=1S/C14H14F3N3O/c1-8-9(7-19-20-8)3-2-4-18-14(21)13-11(16)5-10(15)6-12(13)17/h5-7H,2-4H2,1H3,(H,18,21)(H,19,20). The molecular weight excluding hydrogens is 283 g/mol. The first-order valence-corrected chi connectivity index (χ1v) is 6.40. The van der Waals surface area contributed by atoms with Gasteiger partial charge < -0.3 is 5.32 Å². The number of aromatic nitrogens is 2. The second-order valence-corrected chi connectivity index (χ2v) is 4.62. The number of amides is 1. The van der Waals surface area contributed by atoms with Gasteiger partial charge in [0.1, 0.15) is 23.0 Å². The molecule has 4 nitrogen and oxygen atoms in total. The largest absolute Gasteiger partial charge is 0.352 e. The van der Waals surface area contributed by atoms with E-state index in [1.165, 1.54) is 0 Å². The van der Waals surface area contributed by atoms with Crippen LogP contribution in [0.4, 0.5) is 13.2 Å². The van der Waals surface area contributed by atoms with Crippen LogP contribution in [0.15, 0.2) is 18.3 Å². The highest BCUT2D eigenvalue weighted by Crippen LogP contribution is 2.14. The lowest BCUT2D eigenvalue weighted by Gasteiger charge is -2.07. The molecule has 2 aromatic rings. The maximum atomic E-state index is 13.4. The first kappa shape index (κ1) is 15.1. The van der Waals surface area contributed by atoms with Crippen LogP contribution in [0.1, 0.15) is 28.0 Å². The molecule has 0 aliphatic heterocycles. The van der Waals surface area contributed by atoms with Gasteiger partial charge in [-0.2, -0.15) is 5.10 Å². The lowest BCUT2D eigenvalue weighted by atomic mass is 10.1. The van der Waals surface area contributed by atoms with E-state index < -0.39 is 28.9 Å². The fraction of sp³-hybridized carbons (Fsp3) is 0.286. The number of nitrogens with one attached hydrogen (secondary N) is 2. The molecule has 0 spiro atoms. The van der Waals surface area contributed by atoms with Gasteiger partial charge in [-0.25, -0.2) is 13.2 Å². The maximum Gasteiger partial charge on any atom is 0.257 e. The van der Waals surface area contributed by atoms with Crippen molar-refractivity contribution in [1.29, 1.82) is 0 Å². The summed E-state index contributed by atoms with van der Waals surface area (Å²) >= 11 is 0. The van der Waals surface area contributed by atoms with Gasteiger partial charge in [0.15, 0.2) is 0 Å². The number of carbonyl (C=O) groups is 1. The van der Waals surface area contributed by atoms with Gasteiger partial charge in [0, 0.05) is 24.4 Å². The Morgan fingerprint density at radius 1 is 1.29 bits per heavy atom. The van der Waals surface area contributed by atoms with E-state index in [9.17, 15) is 18.0 Å². The van der Waals surface area contributed by atoms with Crippen molar-refractivity contribution in [3.05, 3.63) is 52.6 Å². The first-order chi connectivity index (χ1) is 9.99. The van der Waals surface area contributed by atoms with Crippen LogP contribution in [-0.2, 0) is 6.42 Å². The summed E-state index contributed by atoms with van der Waals surface area (Å²) in [6, 6.07) is 0.958. The molecule has 1 heterocycles. The normalized spacial score (nSPS) is 10.7.